The van der Waals surface area contributed by atoms with Gasteiger partial charge in [0, 0.05) is 131 Å². The Morgan fingerprint density at radius 3 is 1.05 bits per heavy atom. The van der Waals surface area contributed by atoms with Gasteiger partial charge < -0.3 is 0 Å². The molecule has 0 aliphatic heterocycles. The fourth-order valence-corrected chi connectivity index (χ4v) is 20.1. The molecule has 23 aromatic rings. The predicted octanol–water partition coefficient (Wildman–Crippen LogP) is 29.4. The van der Waals surface area contributed by atoms with Gasteiger partial charge in [0.2, 0.25) is 0 Å². The lowest BCUT2D eigenvalue weighted by atomic mass is 9.97. The summed E-state index contributed by atoms with van der Waals surface area (Å²) in [5.41, 5.74) is 21.9. The van der Waals surface area contributed by atoms with Gasteiger partial charge in [-0.1, -0.05) is 261 Å². The Hall–Kier alpha value is -13.6. The molecular formula is C102H62N6S4. The van der Waals surface area contributed by atoms with Crippen LogP contribution in [0.15, 0.2) is 376 Å². The van der Waals surface area contributed by atoms with E-state index in [1.807, 2.05) is 112 Å². The number of benzene rings is 15. The van der Waals surface area contributed by atoms with Crippen molar-refractivity contribution in [2.45, 2.75) is 0 Å². The summed E-state index contributed by atoms with van der Waals surface area (Å²) in [6.07, 6.45) is 1.84. The molecule has 0 spiro atoms. The van der Waals surface area contributed by atoms with Crippen LogP contribution >= 0.6 is 45.3 Å². The minimum absolute atomic E-state index is 0.745. The highest BCUT2D eigenvalue weighted by Crippen LogP contribution is 2.44. The van der Waals surface area contributed by atoms with E-state index in [0.29, 0.717) is 0 Å². The summed E-state index contributed by atoms with van der Waals surface area (Å²) in [7, 11) is 0. The van der Waals surface area contributed by atoms with Gasteiger partial charge in [-0.2, -0.15) is 0 Å². The first kappa shape index (κ1) is 66.6. The SMILES string of the molecule is c1cc(-c2ccc3c(c2)sc2ccccc23)cc(-c2nc3ccccc3nc2-c2ccc3sc4ccccc4c3c2)c1.c1ccc(-c2nc(-c3cccc(-c4ccc5c(c4)sc4ccccc45)c3)cc3ncccc23)cc1.c1ccc(-c2nc(-c3ccccc3)c3ccc(-c4ccc5c(c4)sc4ccccc45)cc3n2)cc1. The molecule has 0 atom stereocenters. The maximum absolute atomic E-state index is 5.21. The summed E-state index contributed by atoms with van der Waals surface area (Å²) in [4.78, 5) is 30.2. The molecule has 0 saturated heterocycles. The maximum Gasteiger partial charge on any atom is 0.160 e. The van der Waals surface area contributed by atoms with Crippen molar-refractivity contribution in [3.8, 4) is 101 Å². The molecule has 524 valence electrons. The Labute approximate surface area is 660 Å². The van der Waals surface area contributed by atoms with Crippen LogP contribution in [0.3, 0.4) is 0 Å². The minimum atomic E-state index is 0.745. The fourth-order valence-electron chi connectivity index (χ4n) is 15.6. The van der Waals surface area contributed by atoms with Crippen molar-refractivity contribution < 1.29 is 0 Å². The van der Waals surface area contributed by atoms with Crippen molar-refractivity contribution in [1.82, 2.24) is 29.9 Å². The molecule has 0 N–H and O–H groups in total. The third kappa shape index (κ3) is 12.5. The molecule has 0 aliphatic rings. The average molecular weight is 1500 g/mol. The first-order valence-electron chi connectivity index (χ1n) is 37.3. The standard InChI is InChI=1S/C38H22N2S2.2C32H20N2S/c1-5-14-33-27(10-1)29-18-16-24(22-36(29)42-33)23-8-7-9-25(20-23)37-38(40-32-13-4-3-12-31(32)39-37)26-17-19-35-30(21-26)28-11-2-6-15-34(28)41-35;1-3-9-21(10-4-1)31-27-18-16-23(19-28(27)33-32(34-31)22-11-5-2-6-12-22)24-15-17-26-25-13-7-8-14-29(25)35-30(26)20-24;1-2-8-21(9-3-1)32-27-13-7-17-33-29(27)20-28(34-32)24-11-6-10-22(18-24)23-15-16-26-25-12-4-5-14-30(25)35-31(26)19-23/h1-22H;2*1-20H. The highest BCUT2D eigenvalue weighted by Gasteiger charge is 2.20. The van der Waals surface area contributed by atoms with Crippen molar-refractivity contribution in [2.24, 2.45) is 0 Å². The van der Waals surface area contributed by atoms with E-state index in [1.165, 1.54) is 109 Å². The smallest absolute Gasteiger partial charge is 0.160 e. The molecule has 10 heteroatoms. The number of aromatic nitrogens is 6. The second-order valence-corrected chi connectivity index (χ2v) is 32.3. The number of pyridine rings is 2. The van der Waals surface area contributed by atoms with Crippen LogP contribution in [-0.4, -0.2) is 29.9 Å². The molecule has 0 bridgehead atoms. The fraction of sp³-hybridized carbons (Fsp3) is 0. The lowest BCUT2D eigenvalue weighted by Gasteiger charge is -2.12. The van der Waals surface area contributed by atoms with E-state index >= 15 is 0 Å². The summed E-state index contributed by atoms with van der Waals surface area (Å²) >= 11 is 7.39. The minimum Gasteiger partial charge on any atom is -0.256 e. The molecule has 0 amide bonds. The molecule has 0 fully saturated rings. The van der Waals surface area contributed by atoms with Crippen LogP contribution in [0.4, 0.5) is 0 Å². The summed E-state index contributed by atoms with van der Waals surface area (Å²) < 4.78 is 10.5. The molecule has 15 aromatic carbocycles. The molecule has 8 heterocycles. The summed E-state index contributed by atoms with van der Waals surface area (Å²) in [5.74, 6) is 0.745. The Bertz CT molecular complexity index is 7590. The molecule has 0 radical (unpaired) electrons. The molecule has 0 saturated carbocycles. The van der Waals surface area contributed by atoms with E-state index in [2.05, 4.69) is 314 Å². The molecule has 6 nitrogen and oxygen atoms in total. The molecule has 23 rings (SSSR count). The van der Waals surface area contributed by atoms with Crippen LogP contribution in [-0.2, 0) is 0 Å². The number of rotatable bonds is 9. The van der Waals surface area contributed by atoms with Gasteiger partial charge in [0.15, 0.2) is 5.82 Å². The van der Waals surface area contributed by atoms with Gasteiger partial charge in [0.25, 0.3) is 0 Å². The van der Waals surface area contributed by atoms with E-state index in [1.54, 1.807) is 0 Å². The van der Waals surface area contributed by atoms with E-state index < -0.39 is 0 Å². The Morgan fingerprint density at radius 1 is 0.161 bits per heavy atom. The van der Waals surface area contributed by atoms with Crippen molar-refractivity contribution in [3.63, 3.8) is 0 Å². The second kappa shape index (κ2) is 28.5. The van der Waals surface area contributed by atoms with Gasteiger partial charge in [0.05, 0.1) is 50.5 Å². The van der Waals surface area contributed by atoms with Gasteiger partial charge >= 0.3 is 0 Å². The van der Waals surface area contributed by atoms with Crippen LogP contribution < -0.4 is 0 Å². The number of para-hydroxylation sites is 2. The number of fused-ring (bicyclic) bond motifs is 15. The summed E-state index contributed by atoms with van der Waals surface area (Å²) in [6, 6.07) is 131. The van der Waals surface area contributed by atoms with Crippen molar-refractivity contribution in [3.05, 3.63) is 376 Å². The van der Waals surface area contributed by atoms with Crippen LogP contribution in [0.2, 0.25) is 0 Å². The zero-order valence-electron chi connectivity index (χ0n) is 60.1. The number of hydrogen-bond donors (Lipinski definition) is 0. The number of hydrogen-bond acceptors (Lipinski definition) is 10. The Balaban J connectivity index is 0.000000107. The molecule has 112 heavy (non-hydrogen) atoms. The second-order valence-electron chi connectivity index (χ2n) is 28.0. The van der Waals surface area contributed by atoms with E-state index in [-0.39, 0.29) is 0 Å². The number of nitrogens with zero attached hydrogens (tertiary/aromatic N) is 6. The Morgan fingerprint density at radius 2 is 0.518 bits per heavy atom. The van der Waals surface area contributed by atoms with Crippen LogP contribution in [0, 0.1) is 0 Å². The molecule has 0 aliphatic carbocycles. The van der Waals surface area contributed by atoms with Crippen LogP contribution in [0.25, 0.3) is 215 Å². The third-order valence-electron chi connectivity index (χ3n) is 21.1. The lowest BCUT2D eigenvalue weighted by Crippen LogP contribution is -1.95. The normalized spacial score (nSPS) is 11.6. The topological polar surface area (TPSA) is 77.3 Å². The quantitative estimate of drug-likeness (QED) is 0.143. The zero-order chi connectivity index (χ0) is 74.0. The van der Waals surface area contributed by atoms with Gasteiger partial charge in [0.1, 0.15) is 0 Å². The van der Waals surface area contributed by atoms with Crippen LogP contribution in [0.1, 0.15) is 0 Å². The summed E-state index contributed by atoms with van der Waals surface area (Å²) in [6.45, 7) is 0. The first-order chi connectivity index (χ1) is 55.4. The maximum atomic E-state index is 5.21. The predicted molar refractivity (Wildman–Crippen MR) is 479 cm³/mol. The molecular weight excluding hydrogens is 1440 g/mol. The highest BCUT2D eigenvalue weighted by atomic mass is 32.1. The largest absolute Gasteiger partial charge is 0.256 e. The van der Waals surface area contributed by atoms with Gasteiger partial charge in [-0.3, -0.25) is 4.98 Å². The summed E-state index contributed by atoms with van der Waals surface area (Å²) in [5, 5.41) is 12.6. The number of thiophene rings is 4. The van der Waals surface area contributed by atoms with Crippen molar-refractivity contribution in [2.75, 3.05) is 0 Å². The van der Waals surface area contributed by atoms with Gasteiger partial charge in [-0.05, 0) is 143 Å². The van der Waals surface area contributed by atoms with Crippen LogP contribution in [0.5, 0.6) is 0 Å². The monoisotopic (exact) mass is 1500 g/mol. The van der Waals surface area contributed by atoms with E-state index in [0.717, 1.165) is 106 Å². The third-order valence-corrected chi connectivity index (χ3v) is 25.6. The van der Waals surface area contributed by atoms with Crippen molar-refractivity contribution >= 4 is 159 Å². The lowest BCUT2D eigenvalue weighted by molar-refractivity contribution is 1.23. The first-order valence-corrected chi connectivity index (χ1v) is 40.6. The van der Waals surface area contributed by atoms with E-state index in [9.17, 15) is 0 Å². The molecule has 8 aromatic heterocycles. The van der Waals surface area contributed by atoms with Gasteiger partial charge in [-0.25, -0.2) is 24.9 Å². The zero-order valence-corrected chi connectivity index (χ0v) is 63.4. The van der Waals surface area contributed by atoms with Crippen molar-refractivity contribution in [1.29, 1.82) is 0 Å². The molecule has 0 unspecified atom stereocenters. The van der Waals surface area contributed by atoms with E-state index in [4.69, 9.17) is 24.9 Å². The highest BCUT2D eigenvalue weighted by molar-refractivity contribution is 7.27. The Kier molecular flexibility index (Phi) is 16.9. The van der Waals surface area contributed by atoms with Gasteiger partial charge in [-0.15, -0.1) is 45.3 Å². The average Bonchev–Trinajstić information content (AvgIpc) is 1.72.